The van der Waals surface area contributed by atoms with E-state index in [0.29, 0.717) is 0 Å². The Labute approximate surface area is 126 Å². The highest BCUT2D eigenvalue weighted by atomic mass is 16.5. The van der Waals surface area contributed by atoms with Crippen LogP contribution in [0.4, 0.5) is 0 Å². The molecule has 3 heteroatoms. The van der Waals surface area contributed by atoms with Crippen molar-refractivity contribution in [3.63, 3.8) is 0 Å². The molecule has 0 radical (unpaired) electrons. The van der Waals surface area contributed by atoms with Crippen molar-refractivity contribution in [1.29, 1.82) is 0 Å². The molecule has 112 valence electrons. The van der Waals surface area contributed by atoms with Gasteiger partial charge >= 0.3 is 0 Å². The Morgan fingerprint density at radius 2 is 2.10 bits per heavy atom. The van der Waals surface area contributed by atoms with Crippen LogP contribution in [0.5, 0.6) is 5.75 Å². The number of ether oxygens (including phenoxy) is 1. The van der Waals surface area contributed by atoms with E-state index in [0.717, 1.165) is 30.2 Å². The fourth-order valence-electron chi connectivity index (χ4n) is 3.17. The molecule has 2 aromatic rings. The maximum absolute atomic E-state index is 5.80. The standard InChI is InChI=1S/C18H23NO2/c1-5-19-18(16-9-12(3)20-13(16)4)14-6-7-17-15(10-14)8-11(2)21-17/h6-7,9-11,18-19H,5,8H2,1-4H3. The molecule has 21 heavy (non-hydrogen) atoms. The van der Waals surface area contributed by atoms with Crippen molar-refractivity contribution in [2.45, 2.75) is 46.3 Å². The van der Waals surface area contributed by atoms with Gasteiger partial charge in [0.15, 0.2) is 0 Å². The van der Waals surface area contributed by atoms with E-state index in [4.69, 9.17) is 9.15 Å². The first-order valence-corrected chi connectivity index (χ1v) is 7.68. The van der Waals surface area contributed by atoms with Crippen molar-refractivity contribution in [3.8, 4) is 5.75 Å². The summed E-state index contributed by atoms with van der Waals surface area (Å²) in [6.45, 7) is 9.19. The molecule has 0 spiro atoms. The highest BCUT2D eigenvalue weighted by molar-refractivity contribution is 5.44. The lowest BCUT2D eigenvalue weighted by Crippen LogP contribution is -2.22. The molecule has 1 aliphatic heterocycles. The maximum Gasteiger partial charge on any atom is 0.123 e. The summed E-state index contributed by atoms with van der Waals surface area (Å²) in [6, 6.07) is 8.84. The van der Waals surface area contributed by atoms with Crippen LogP contribution in [-0.4, -0.2) is 12.6 Å². The minimum Gasteiger partial charge on any atom is -0.490 e. The molecule has 0 saturated carbocycles. The molecule has 1 aromatic carbocycles. The predicted molar refractivity (Wildman–Crippen MR) is 83.9 cm³/mol. The largest absolute Gasteiger partial charge is 0.490 e. The van der Waals surface area contributed by atoms with E-state index in [1.54, 1.807) is 0 Å². The smallest absolute Gasteiger partial charge is 0.123 e. The lowest BCUT2D eigenvalue weighted by atomic mass is 9.96. The van der Waals surface area contributed by atoms with Gasteiger partial charge in [0.1, 0.15) is 23.4 Å². The first-order chi connectivity index (χ1) is 10.1. The Morgan fingerprint density at radius 1 is 1.29 bits per heavy atom. The van der Waals surface area contributed by atoms with Crippen LogP contribution in [0.2, 0.25) is 0 Å². The fourth-order valence-corrected chi connectivity index (χ4v) is 3.17. The molecule has 3 nitrogen and oxygen atoms in total. The van der Waals surface area contributed by atoms with E-state index >= 15 is 0 Å². The van der Waals surface area contributed by atoms with E-state index < -0.39 is 0 Å². The Bertz CT molecular complexity index is 645. The number of hydrogen-bond donors (Lipinski definition) is 1. The molecule has 1 aromatic heterocycles. The van der Waals surface area contributed by atoms with Gasteiger partial charge in [-0.1, -0.05) is 19.1 Å². The third-order valence-corrected chi connectivity index (χ3v) is 4.05. The third-order valence-electron chi connectivity index (χ3n) is 4.05. The summed E-state index contributed by atoms with van der Waals surface area (Å²) in [5, 5.41) is 3.57. The first kappa shape index (κ1) is 14.2. The molecule has 2 heterocycles. The summed E-state index contributed by atoms with van der Waals surface area (Å²) in [5.41, 5.74) is 3.80. The summed E-state index contributed by atoms with van der Waals surface area (Å²) in [6.07, 6.45) is 1.27. The second-order valence-electron chi connectivity index (χ2n) is 5.86. The van der Waals surface area contributed by atoms with Crippen molar-refractivity contribution in [3.05, 3.63) is 52.5 Å². The Balaban J connectivity index is 1.98. The molecule has 0 bridgehead atoms. The number of hydrogen-bond acceptors (Lipinski definition) is 3. The molecule has 2 atom stereocenters. The summed E-state index contributed by atoms with van der Waals surface area (Å²) < 4.78 is 11.5. The van der Waals surface area contributed by atoms with Gasteiger partial charge in [0.2, 0.25) is 0 Å². The predicted octanol–water partition coefficient (Wildman–Crippen LogP) is 3.92. The van der Waals surface area contributed by atoms with Gasteiger partial charge in [-0.15, -0.1) is 0 Å². The normalized spacial score (nSPS) is 18.4. The fraction of sp³-hybridized carbons (Fsp3) is 0.444. The third kappa shape index (κ3) is 2.70. The van der Waals surface area contributed by atoms with Crippen molar-refractivity contribution in [2.24, 2.45) is 0 Å². The van der Waals surface area contributed by atoms with Crippen LogP contribution in [0.15, 0.2) is 28.7 Å². The minimum absolute atomic E-state index is 0.175. The lowest BCUT2D eigenvalue weighted by molar-refractivity contribution is 0.254. The van der Waals surface area contributed by atoms with Gasteiger partial charge < -0.3 is 14.5 Å². The molecule has 2 unspecified atom stereocenters. The number of fused-ring (bicyclic) bond motifs is 1. The highest BCUT2D eigenvalue weighted by Gasteiger charge is 2.23. The van der Waals surface area contributed by atoms with Crippen LogP contribution in [0.3, 0.4) is 0 Å². The summed E-state index contributed by atoms with van der Waals surface area (Å²) >= 11 is 0. The van der Waals surface area contributed by atoms with Crippen LogP contribution in [0, 0.1) is 13.8 Å². The maximum atomic E-state index is 5.80. The topological polar surface area (TPSA) is 34.4 Å². The second-order valence-corrected chi connectivity index (χ2v) is 5.86. The molecule has 1 N–H and O–H groups in total. The molecule has 0 amide bonds. The molecular formula is C18H23NO2. The van der Waals surface area contributed by atoms with E-state index in [9.17, 15) is 0 Å². The molecule has 0 fully saturated rings. The average Bonchev–Trinajstić information content (AvgIpc) is 2.96. The molecule has 0 saturated heterocycles. The quantitative estimate of drug-likeness (QED) is 0.924. The van der Waals surface area contributed by atoms with Crippen molar-refractivity contribution >= 4 is 0 Å². The molecule has 3 rings (SSSR count). The number of nitrogens with one attached hydrogen (secondary N) is 1. The van der Waals surface area contributed by atoms with Crippen molar-refractivity contribution < 1.29 is 9.15 Å². The van der Waals surface area contributed by atoms with E-state index in [-0.39, 0.29) is 12.1 Å². The zero-order valence-corrected chi connectivity index (χ0v) is 13.2. The first-order valence-electron chi connectivity index (χ1n) is 7.68. The second kappa shape index (κ2) is 5.57. The van der Waals surface area contributed by atoms with Crippen LogP contribution < -0.4 is 10.1 Å². The van der Waals surface area contributed by atoms with Crippen LogP contribution >= 0.6 is 0 Å². The van der Waals surface area contributed by atoms with Crippen LogP contribution in [0.25, 0.3) is 0 Å². The number of benzene rings is 1. The monoisotopic (exact) mass is 285 g/mol. The molecule has 1 aliphatic rings. The molecular weight excluding hydrogens is 262 g/mol. The summed E-state index contributed by atoms with van der Waals surface area (Å²) in [5.74, 6) is 2.98. The number of furan rings is 1. The Hall–Kier alpha value is -1.74. The molecule has 0 aliphatic carbocycles. The Morgan fingerprint density at radius 3 is 2.76 bits per heavy atom. The number of aryl methyl sites for hydroxylation is 2. The van der Waals surface area contributed by atoms with E-state index in [2.05, 4.69) is 43.4 Å². The van der Waals surface area contributed by atoms with Gasteiger partial charge in [0, 0.05) is 12.0 Å². The SMILES string of the molecule is CCNC(c1ccc2c(c1)CC(C)O2)c1cc(C)oc1C. The van der Waals surface area contributed by atoms with Gasteiger partial charge in [-0.3, -0.25) is 0 Å². The Kier molecular flexibility index (Phi) is 3.77. The summed E-state index contributed by atoms with van der Waals surface area (Å²) in [7, 11) is 0. The van der Waals surface area contributed by atoms with Gasteiger partial charge in [0.25, 0.3) is 0 Å². The van der Waals surface area contributed by atoms with Crippen molar-refractivity contribution in [1.82, 2.24) is 5.32 Å². The van der Waals surface area contributed by atoms with Crippen LogP contribution in [0.1, 0.15) is 48.1 Å². The summed E-state index contributed by atoms with van der Waals surface area (Å²) in [4.78, 5) is 0. The lowest BCUT2D eigenvalue weighted by Gasteiger charge is -2.18. The zero-order valence-electron chi connectivity index (χ0n) is 13.2. The highest BCUT2D eigenvalue weighted by Crippen LogP contribution is 2.34. The van der Waals surface area contributed by atoms with E-state index in [1.165, 1.54) is 16.7 Å². The van der Waals surface area contributed by atoms with Gasteiger partial charge in [-0.2, -0.15) is 0 Å². The average molecular weight is 285 g/mol. The van der Waals surface area contributed by atoms with Gasteiger partial charge in [0.05, 0.1) is 6.04 Å². The van der Waals surface area contributed by atoms with Gasteiger partial charge in [-0.25, -0.2) is 0 Å². The van der Waals surface area contributed by atoms with Crippen LogP contribution in [-0.2, 0) is 6.42 Å². The van der Waals surface area contributed by atoms with E-state index in [1.807, 2.05) is 13.8 Å². The van der Waals surface area contributed by atoms with Gasteiger partial charge in [-0.05, 0) is 50.6 Å². The minimum atomic E-state index is 0.175. The van der Waals surface area contributed by atoms with Crippen molar-refractivity contribution in [2.75, 3.05) is 6.54 Å². The zero-order chi connectivity index (χ0) is 15.0. The number of rotatable bonds is 4.